The third kappa shape index (κ3) is 4.87. The summed E-state index contributed by atoms with van der Waals surface area (Å²) in [5, 5.41) is 0.841. The highest BCUT2D eigenvalue weighted by Crippen LogP contribution is 2.36. The molecule has 15 heavy (non-hydrogen) atoms. The Morgan fingerprint density at radius 3 is 1.93 bits per heavy atom. The summed E-state index contributed by atoms with van der Waals surface area (Å²) in [7, 11) is 0. The van der Waals surface area contributed by atoms with Gasteiger partial charge in [0.2, 0.25) is 0 Å². The van der Waals surface area contributed by atoms with E-state index in [1.165, 1.54) is 24.8 Å². The van der Waals surface area contributed by atoms with E-state index in [-0.39, 0.29) is 0 Å². The maximum absolute atomic E-state index is 8.98. The molecular weight excluding hydrogens is 254 g/mol. The lowest BCUT2D eigenvalue weighted by atomic mass is 9.80. The minimum Gasteiger partial charge on any atom is -0.262 e. The summed E-state index contributed by atoms with van der Waals surface area (Å²) in [4.78, 5) is 8.98. The van der Waals surface area contributed by atoms with Gasteiger partial charge in [-0.05, 0) is 59.7 Å². The molecule has 0 unspecified atom stereocenters. The van der Waals surface area contributed by atoms with Crippen molar-refractivity contribution >= 4 is 39.5 Å². The Hall–Kier alpha value is -0.240. The first-order valence-electron chi connectivity index (χ1n) is 4.70. The zero-order chi connectivity index (χ0) is 11.3. The quantitative estimate of drug-likeness (QED) is 0.639. The summed E-state index contributed by atoms with van der Waals surface area (Å²) in [6.45, 7) is 0. The molecule has 0 aromatic heterocycles. The standard InChI is InChI=1S/C10H11Cl.CCl2O/c11-10-6-4-9(5-7-10)8-2-1-3-8;2-1(3)4/h4-8H,1-3H2;. The molecule has 1 aromatic rings. The molecule has 1 aliphatic carbocycles. The Labute approximate surface area is 104 Å². The van der Waals surface area contributed by atoms with Crippen LogP contribution in [-0.4, -0.2) is 4.70 Å². The smallest absolute Gasteiger partial charge is 0.262 e. The number of benzene rings is 1. The van der Waals surface area contributed by atoms with Crippen LogP contribution in [0.1, 0.15) is 30.7 Å². The van der Waals surface area contributed by atoms with Crippen LogP contribution in [0.2, 0.25) is 5.02 Å². The monoisotopic (exact) mass is 264 g/mol. The maximum Gasteiger partial charge on any atom is 0.313 e. The first-order valence-corrected chi connectivity index (χ1v) is 5.83. The molecule has 0 amide bonds. The topological polar surface area (TPSA) is 17.1 Å². The van der Waals surface area contributed by atoms with Gasteiger partial charge in [-0.3, -0.25) is 4.79 Å². The van der Waals surface area contributed by atoms with Crippen molar-refractivity contribution in [3.05, 3.63) is 34.9 Å². The molecule has 0 saturated heterocycles. The van der Waals surface area contributed by atoms with Crippen molar-refractivity contribution in [2.45, 2.75) is 25.2 Å². The van der Waals surface area contributed by atoms with Crippen molar-refractivity contribution in [3.8, 4) is 0 Å². The number of halogens is 3. The Balaban J connectivity index is 0.000000245. The third-order valence-electron chi connectivity index (χ3n) is 2.45. The molecule has 1 saturated carbocycles. The van der Waals surface area contributed by atoms with Crippen LogP contribution in [0.5, 0.6) is 0 Å². The molecule has 1 fully saturated rings. The van der Waals surface area contributed by atoms with Gasteiger partial charge in [0, 0.05) is 5.02 Å². The Bertz CT molecular complexity index is 313. The molecule has 1 aromatic carbocycles. The molecule has 1 aliphatic rings. The van der Waals surface area contributed by atoms with Gasteiger partial charge in [-0.1, -0.05) is 30.2 Å². The maximum atomic E-state index is 8.98. The molecule has 0 aliphatic heterocycles. The average Bonchev–Trinajstić information content (AvgIpc) is 2.04. The van der Waals surface area contributed by atoms with E-state index in [0.717, 1.165) is 10.9 Å². The minimum atomic E-state index is -0.889. The van der Waals surface area contributed by atoms with Gasteiger partial charge in [-0.25, -0.2) is 0 Å². The van der Waals surface area contributed by atoms with E-state index in [1.807, 2.05) is 12.1 Å². The summed E-state index contributed by atoms with van der Waals surface area (Å²) in [5.41, 5.74) is 1.46. The largest absolute Gasteiger partial charge is 0.313 e. The lowest BCUT2D eigenvalue weighted by Crippen LogP contribution is -2.07. The molecule has 4 heteroatoms. The molecule has 0 bridgehead atoms. The molecule has 0 heterocycles. The molecule has 0 atom stereocenters. The molecule has 1 nitrogen and oxygen atoms in total. The fourth-order valence-electron chi connectivity index (χ4n) is 1.48. The van der Waals surface area contributed by atoms with Gasteiger partial charge < -0.3 is 0 Å². The fraction of sp³-hybridized carbons (Fsp3) is 0.364. The van der Waals surface area contributed by atoms with E-state index in [1.54, 1.807) is 0 Å². The first-order chi connectivity index (χ1) is 7.09. The summed E-state index contributed by atoms with van der Waals surface area (Å²) in [6.07, 6.45) is 4.12. The van der Waals surface area contributed by atoms with Crippen molar-refractivity contribution in [2.24, 2.45) is 0 Å². The second-order valence-corrected chi connectivity index (χ2v) is 4.72. The summed E-state index contributed by atoms with van der Waals surface area (Å²) < 4.78 is -0.889. The third-order valence-corrected chi connectivity index (χ3v) is 2.70. The van der Waals surface area contributed by atoms with E-state index < -0.39 is 4.70 Å². The van der Waals surface area contributed by atoms with Crippen LogP contribution in [-0.2, 0) is 0 Å². The Kier molecular flexibility index (Phi) is 5.44. The van der Waals surface area contributed by atoms with Crippen molar-refractivity contribution in [1.82, 2.24) is 0 Å². The summed E-state index contributed by atoms with van der Waals surface area (Å²) in [5.74, 6) is 0.826. The summed E-state index contributed by atoms with van der Waals surface area (Å²) in [6, 6.07) is 8.25. The lowest BCUT2D eigenvalue weighted by molar-refractivity contribution is 0.275. The zero-order valence-electron chi connectivity index (χ0n) is 8.05. The van der Waals surface area contributed by atoms with Crippen molar-refractivity contribution in [3.63, 3.8) is 0 Å². The van der Waals surface area contributed by atoms with Crippen LogP contribution in [0.25, 0.3) is 0 Å². The van der Waals surface area contributed by atoms with E-state index in [4.69, 9.17) is 16.4 Å². The highest BCUT2D eigenvalue weighted by atomic mass is 35.5. The van der Waals surface area contributed by atoms with E-state index in [9.17, 15) is 0 Å². The molecular formula is C11H11Cl3O. The number of carbonyl (C=O) groups excluding carboxylic acids is 1. The van der Waals surface area contributed by atoms with Gasteiger partial charge in [-0.15, -0.1) is 0 Å². The first kappa shape index (κ1) is 12.8. The number of hydrogen-bond acceptors (Lipinski definition) is 1. The average molecular weight is 266 g/mol. The van der Waals surface area contributed by atoms with E-state index in [0.29, 0.717) is 0 Å². The number of rotatable bonds is 1. The lowest BCUT2D eigenvalue weighted by Gasteiger charge is -2.25. The molecule has 0 radical (unpaired) electrons. The van der Waals surface area contributed by atoms with E-state index in [2.05, 4.69) is 35.3 Å². The van der Waals surface area contributed by atoms with Crippen molar-refractivity contribution < 1.29 is 4.79 Å². The fourth-order valence-corrected chi connectivity index (χ4v) is 1.60. The van der Waals surface area contributed by atoms with Gasteiger partial charge in [0.1, 0.15) is 0 Å². The Morgan fingerprint density at radius 2 is 1.60 bits per heavy atom. The van der Waals surface area contributed by atoms with Gasteiger partial charge in [0.05, 0.1) is 0 Å². The van der Waals surface area contributed by atoms with Crippen molar-refractivity contribution in [1.29, 1.82) is 0 Å². The van der Waals surface area contributed by atoms with Crippen LogP contribution in [0, 0.1) is 0 Å². The van der Waals surface area contributed by atoms with Gasteiger partial charge in [0.25, 0.3) is 0 Å². The van der Waals surface area contributed by atoms with Gasteiger partial charge in [-0.2, -0.15) is 0 Å². The normalized spacial score (nSPS) is 14.9. The van der Waals surface area contributed by atoms with Crippen LogP contribution in [0.15, 0.2) is 24.3 Å². The highest BCUT2D eigenvalue weighted by Gasteiger charge is 2.18. The van der Waals surface area contributed by atoms with E-state index >= 15 is 0 Å². The molecule has 82 valence electrons. The number of hydrogen-bond donors (Lipinski definition) is 0. The van der Waals surface area contributed by atoms with Crippen LogP contribution >= 0.6 is 34.8 Å². The highest BCUT2D eigenvalue weighted by molar-refractivity contribution is 6.93. The second-order valence-electron chi connectivity index (χ2n) is 3.41. The minimum absolute atomic E-state index is 0.826. The van der Waals surface area contributed by atoms with Crippen molar-refractivity contribution in [2.75, 3.05) is 0 Å². The SMILES string of the molecule is Clc1ccc(C2CCC2)cc1.O=C(Cl)Cl. The molecule has 0 N–H and O–H groups in total. The van der Waals surface area contributed by atoms with Crippen LogP contribution in [0.3, 0.4) is 0 Å². The van der Waals surface area contributed by atoms with Gasteiger partial charge in [0.15, 0.2) is 0 Å². The predicted molar refractivity (Wildman–Crippen MR) is 65.1 cm³/mol. The summed E-state index contributed by atoms with van der Waals surface area (Å²) >= 11 is 14.6. The van der Waals surface area contributed by atoms with Crippen LogP contribution in [0.4, 0.5) is 4.79 Å². The zero-order valence-corrected chi connectivity index (χ0v) is 10.3. The van der Waals surface area contributed by atoms with Gasteiger partial charge >= 0.3 is 4.70 Å². The molecule has 2 rings (SSSR count). The Morgan fingerprint density at radius 1 is 1.13 bits per heavy atom. The number of carbonyl (C=O) groups is 1. The molecule has 0 spiro atoms. The van der Waals surface area contributed by atoms with Crippen LogP contribution < -0.4 is 0 Å². The second kappa shape index (κ2) is 6.37. The predicted octanol–water partition coefficient (Wildman–Crippen LogP) is 5.19.